The highest BCUT2D eigenvalue weighted by Gasteiger charge is 2.11. The Hall–Kier alpha value is -3.30. The molecule has 2 heterocycles. The van der Waals surface area contributed by atoms with Gasteiger partial charge in [-0.2, -0.15) is 0 Å². The second-order valence-corrected chi connectivity index (χ2v) is 8.06. The summed E-state index contributed by atoms with van der Waals surface area (Å²) >= 11 is 9.43. The molecule has 4 aromatic rings. The van der Waals surface area contributed by atoms with E-state index >= 15 is 0 Å². The second-order valence-electron chi connectivity index (χ2n) is 6.74. The maximum absolute atomic E-state index is 6.09. The molecule has 170 valence electrons. The van der Waals surface area contributed by atoms with Crippen LogP contribution < -0.4 is 19.5 Å². The van der Waals surface area contributed by atoms with E-state index < -0.39 is 0 Å². The summed E-state index contributed by atoms with van der Waals surface area (Å²) in [5.74, 6) is 2.18. The first kappa shape index (κ1) is 22.9. The minimum Gasteiger partial charge on any atom is -0.493 e. The average molecular weight is 532 g/mol. The van der Waals surface area contributed by atoms with Crippen molar-refractivity contribution in [2.24, 2.45) is 0 Å². The zero-order valence-electron chi connectivity index (χ0n) is 17.6. The van der Waals surface area contributed by atoms with Gasteiger partial charge in [-0.05, 0) is 57.9 Å². The minimum atomic E-state index is 0.297. The molecule has 0 aliphatic carbocycles. The Labute approximate surface area is 204 Å². The lowest BCUT2D eigenvalue weighted by molar-refractivity contribution is 0.211. The van der Waals surface area contributed by atoms with Gasteiger partial charge in [0, 0.05) is 17.2 Å². The van der Waals surface area contributed by atoms with Gasteiger partial charge in [0.05, 0.1) is 12.1 Å². The van der Waals surface area contributed by atoms with Crippen LogP contribution in [0.5, 0.6) is 17.2 Å². The van der Waals surface area contributed by atoms with Crippen LogP contribution in [0.2, 0.25) is 5.02 Å². The number of halogens is 2. The number of methoxy groups -OCH3 is 1. The van der Waals surface area contributed by atoms with Crippen molar-refractivity contribution in [1.82, 2.24) is 15.2 Å². The van der Waals surface area contributed by atoms with Crippen molar-refractivity contribution in [3.63, 3.8) is 0 Å². The van der Waals surface area contributed by atoms with Gasteiger partial charge in [0.1, 0.15) is 24.7 Å². The van der Waals surface area contributed by atoms with Crippen molar-refractivity contribution in [3.8, 4) is 28.8 Å². The van der Waals surface area contributed by atoms with Gasteiger partial charge in [0.2, 0.25) is 0 Å². The predicted octanol–water partition coefficient (Wildman–Crippen LogP) is 5.63. The normalized spacial score (nSPS) is 10.6. The summed E-state index contributed by atoms with van der Waals surface area (Å²) in [6, 6.07) is 16.9. The van der Waals surface area contributed by atoms with Crippen LogP contribution in [0, 0.1) is 0 Å². The number of benzene rings is 2. The van der Waals surface area contributed by atoms with Crippen LogP contribution in [-0.4, -0.2) is 35.5 Å². The topological polar surface area (TPSA) is 91.5 Å². The average Bonchev–Trinajstić information content (AvgIpc) is 3.31. The lowest BCUT2D eigenvalue weighted by Gasteiger charge is -2.13. The van der Waals surface area contributed by atoms with Gasteiger partial charge in [-0.15, -0.1) is 5.10 Å². The molecule has 33 heavy (non-hydrogen) atoms. The van der Waals surface area contributed by atoms with Gasteiger partial charge in [0.15, 0.2) is 11.5 Å². The van der Waals surface area contributed by atoms with Crippen LogP contribution in [0.3, 0.4) is 0 Å². The van der Waals surface area contributed by atoms with Gasteiger partial charge in [0.25, 0.3) is 5.89 Å². The van der Waals surface area contributed by atoms with Crippen molar-refractivity contribution in [3.05, 3.63) is 75.9 Å². The molecule has 10 heteroatoms. The van der Waals surface area contributed by atoms with E-state index in [-0.39, 0.29) is 0 Å². The fourth-order valence-corrected chi connectivity index (χ4v) is 3.31. The Kier molecular flexibility index (Phi) is 7.64. The van der Waals surface area contributed by atoms with Crippen molar-refractivity contribution in [2.45, 2.75) is 6.54 Å². The summed E-state index contributed by atoms with van der Waals surface area (Å²) in [6.07, 6.45) is 1.67. The number of nitrogens with zero attached hydrogens (tertiary/aromatic N) is 3. The third kappa shape index (κ3) is 6.15. The number of hydrogen-bond donors (Lipinski definition) is 1. The monoisotopic (exact) mass is 530 g/mol. The summed E-state index contributed by atoms with van der Waals surface area (Å²) in [7, 11) is 1.59. The number of aromatic nitrogens is 3. The quantitative estimate of drug-likeness (QED) is 0.263. The lowest BCUT2D eigenvalue weighted by Crippen LogP contribution is -2.10. The molecule has 0 aliphatic rings. The van der Waals surface area contributed by atoms with E-state index in [1.165, 1.54) is 0 Å². The summed E-state index contributed by atoms with van der Waals surface area (Å²) in [4.78, 5) is 4.25. The molecule has 0 saturated carbocycles. The molecule has 0 amide bonds. The zero-order chi connectivity index (χ0) is 23.0. The maximum atomic E-state index is 6.09. The summed E-state index contributed by atoms with van der Waals surface area (Å²) < 4.78 is 23.4. The molecule has 2 aromatic heterocycles. The standard InChI is InChI=1S/C23H20BrClN4O4/c1-30-21-12-15(6-9-20(21)32-11-10-31-19-5-3-2-4-17(19)25)13-27-23-29-28-22(33-23)18-8-7-16(24)14-26-18/h2-9,12,14H,10-11,13H2,1H3,(H,27,29). The van der Waals surface area contributed by atoms with Crippen LogP contribution in [-0.2, 0) is 6.54 Å². The van der Waals surface area contributed by atoms with Crippen LogP contribution in [0.4, 0.5) is 6.01 Å². The van der Waals surface area contributed by atoms with E-state index in [2.05, 4.69) is 36.4 Å². The maximum Gasteiger partial charge on any atom is 0.316 e. The van der Waals surface area contributed by atoms with Gasteiger partial charge in [-0.3, -0.25) is 0 Å². The van der Waals surface area contributed by atoms with Gasteiger partial charge >= 0.3 is 6.01 Å². The van der Waals surface area contributed by atoms with Crippen molar-refractivity contribution in [1.29, 1.82) is 0 Å². The predicted molar refractivity (Wildman–Crippen MR) is 128 cm³/mol. The first-order chi connectivity index (χ1) is 16.1. The molecule has 0 spiro atoms. The Morgan fingerprint density at radius 2 is 1.79 bits per heavy atom. The Bertz CT molecular complexity index is 1200. The lowest BCUT2D eigenvalue weighted by atomic mass is 10.2. The first-order valence-electron chi connectivity index (χ1n) is 9.99. The van der Waals surface area contributed by atoms with Gasteiger partial charge < -0.3 is 23.9 Å². The Balaban J connectivity index is 1.30. The fraction of sp³-hybridized carbons (Fsp3) is 0.174. The molecule has 0 saturated heterocycles. The van der Waals surface area contributed by atoms with Crippen LogP contribution >= 0.6 is 27.5 Å². The van der Waals surface area contributed by atoms with Crippen molar-refractivity contribution < 1.29 is 18.6 Å². The number of hydrogen-bond acceptors (Lipinski definition) is 8. The molecular weight excluding hydrogens is 512 g/mol. The summed E-state index contributed by atoms with van der Waals surface area (Å²) in [5.41, 5.74) is 1.55. The molecule has 0 fully saturated rings. The highest BCUT2D eigenvalue weighted by atomic mass is 79.9. The fourth-order valence-electron chi connectivity index (χ4n) is 2.88. The molecule has 4 rings (SSSR count). The number of pyridine rings is 1. The molecule has 0 radical (unpaired) electrons. The number of para-hydroxylation sites is 1. The van der Waals surface area contributed by atoms with E-state index in [1.807, 2.05) is 42.5 Å². The van der Waals surface area contributed by atoms with Gasteiger partial charge in [-0.25, -0.2) is 4.98 Å². The van der Waals surface area contributed by atoms with Crippen molar-refractivity contribution >= 4 is 33.5 Å². The number of anilines is 1. The SMILES string of the molecule is COc1cc(CNc2nnc(-c3ccc(Br)cn3)o2)ccc1OCCOc1ccccc1Cl. The number of rotatable bonds is 10. The van der Waals surface area contributed by atoms with E-state index in [0.717, 1.165) is 10.0 Å². The molecule has 1 N–H and O–H groups in total. The highest BCUT2D eigenvalue weighted by Crippen LogP contribution is 2.29. The molecule has 0 bridgehead atoms. The van der Waals surface area contributed by atoms with Crippen LogP contribution in [0.15, 0.2) is 69.7 Å². The van der Waals surface area contributed by atoms with Crippen LogP contribution in [0.25, 0.3) is 11.6 Å². The van der Waals surface area contributed by atoms with Gasteiger partial charge in [-0.1, -0.05) is 34.9 Å². The third-order valence-corrected chi connectivity index (χ3v) is 5.26. The van der Waals surface area contributed by atoms with E-state index in [1.54, 1.807) is 25.4 Å². The molecule has 0 atom stereocenters. The molecule has 0 aliphatic heterocycles. The second kappa shape index (κ2) is 11.0. The molecule has 0 unspecified atom stereocenters. The summed E-state index contributed by atoms with van der Waals surface area (Å²) in [6.45, 7) is 1.15. The molecule has 2 aromatic carbocycles. The smallest absolute Gasteiger partial charge is 0.316 e. The van der Waals surface area contributed by atoms with Crippen molar-refractivity contribution in [2.75, 3.05) is 25.6 Å². The van der Waals surface area contributed by atoms with E-state index in [9.17, 15) is 0 Å². The largest absolute Gasteiger partial charge is 0.493 e. The number of ether oxygens (including phenoxy) is 3. The Morgan fingerprint density at radius 3 is 2.55 bits per heavy atom. The minimum absolute atomic E-state index is 0.297. The van der Waals surface area contributed by atoms with E-state index in [0.29, 0.717) is 59.6 Å². The van der Waals surface area contributed by atoms with Crippen LogP contribution in [0.1, 0.15) is 5.56 Å². The third-order valence-electron chi connectivity index (χ3n) is 4.48. The zero-order valence-corrected chi connectivity index (χ0v) is 20.0. The first-order valence-corrected chi connectivity index (χ1v) is 11.2. The molecule has 8 nitrogen and oxygen atoms in total. The Morgan fingerprint density at radius 1 is 0.970 bits per heavy atom. The number of nitrogens with one attached hydrogen (secondary N) is 1. The van der Waals surface area contributed by atoms with E-state index in [4.69, 9.17) is 30.2 Å². The summed E-state index contributed by atoms with van der Waals surface area (Å²) in [5, 5.41) is 11.7. The molecular formula is C23H20BrClN4O4. The highest BCUT2D eigenvalue weighted by molar-refractivity contribution is 9.10.